The number of benzene rings is 1. The summed E-state index contributed by atoms with van der Waals surface area (Å²) in [6.07, 6.45) is 0. The van der Waals surface area contributed by atoms with E-state index in [2.05, 4.69) is 5.18 Å². The molecule has 1 heterocycles. The highest BCUT2D eigenvalue weighted by Crippen LogP contribution is 2.32. The Morgan fingerprint density at radius 3 is 2.50 bits per heavy atom. The summed E-state index contributed by atoms with van der Waals surface area (Å²) in [5.74, 6) is 0.627. The molecule has 0 spiro atoms. The van der Waals surface area contributed by atoms with E-state index in [1.165, 1.54) is 14.0 Å². The smallest absolute Gasteiger partial charge is 0.251 e. The number of hydrogen-bond acceptors (Lipinski definition) is 5. The van der Waals surface area contributed by atoms with Crippen LogP contribution < -0.4 is 9.58 Å². The first-order chi connectivity index (χ1) is 8.60. The molecule has 18 heavy (non-hydrogen) atoms. The molecule has 1 N–H and O–H groups in total. The van der Waals surface area contributed by atoms with Crippen LogP contribution in [-0.2, 0) is 0 Å². The SMILES string of the molecule is COc1ccc(-c2c(N=O)c(C)[n+]([O-])n2O)cc1. The molecule has 0 atom stereocenters. The zero-order valence-electron chi connectivity index (χ0n) is 9.82. The summed E-state index contributed by atoms with van der Waals surface area (Å²) in [7, 11) is 1.53. The van der Waals surface area contributed by atoms with Crippen molar-refractivity contribution in [3.05, 3.63) is 40.1 Å². The van der Waals surface area contributed by atoms with Crippen molar-refractivity contribution in [2.45, 2.75) is 6.92 Å². The minimum Gasteiger partial charge on any atom is -0.593 e. The number of nitrogens with zero attached hydrogens (tertiary/aromatic N) is 3. The van der Waals surface area contributed by atoms with Gasteiger partial charge in [0.05, 0.1) is 7.11 Å². The third-order valence-electron chi connectivity index (χ3n) is 2.68. The summed E-state index contributed by atoms with van der Waals surface area (Å²) in [6, 6.07) is 6.55. The van der Waals surface area contributed by atoms with Crippen LogP contribution in [0.25, 0.3) is 11.3 Å². The molecule has 0 radical (unpaired) electrons. The van der Waals surface area contributed by atoms with Gasteiger partial charge in [0, 0.05) is 17.3 Å². The van der Waals surface area contributed by atoms with Crippen molar-refractivity contribution in [3.63, 3.8) is 0 Å². The van der Waals surface area contributed by atoms with E-state index in [1.807, 2.05) is 0 Å². The van der Waals surface area contributed by atoms with E-state index in [9.17, 15) is 15.3 Å². The second-order valence-corrected chi connectivity index (χ2v) is 3.66. The average molecular weight is 249 g/mol. The van der Waals surface area contributed by atoms with Gasteiger partial charge in [0.25, 0.3) is 5.69 Å². The van der Waals surface area contributed by atoms with Crippen LogP contribution in [0.5, 0.6) is 5.75 Å². The van der Waals surface area contributed by atoms with Gasteiger partial charge in [0.15, 0.2) is 5.69 Å². The van der Waals surface area contributed by atoms with Gasteiger partial charge in [-0.05, 0) is 34.3 Å². The minimum absolute atomic E-state index is 0.0401. The largest absolute Gasteiger partial charge is 0.593 e. The molecule has 2 rings (SSSR count). The number of aromatic nitrogens is 2. The second kappa shape index (κ2) is 4.36. The fourth-order valence-corrected chi connectivity index (χ4v) is 1.70. The lowest BCUT2D eigenvalue weighted by atomic mass is 10.1. The van der Waals surface area contributed by atoms with Gasteiger partial charge < -0.3 is 15.2 Å². The Bertz CT molecular complexity index is 589. The van der Waals surface area contributed by atoms with E-state index in [-0.39, 0.29) is 21.9 Å². The van der Waals surface area contributed by atoms with Crippen LogP contribution in [-0.4, -0.2) is 17.2 Å². The van der Waals surface area contributed by atoms with Crippen LogP contribution in [0.2, 0.25) is 0 Å². The molecule has 0 bridgehead atoms. The standard InChI is InChI=1S/C11H11N3O4/c1-7-10(12-15)11(14(17)13(7)16)8-3-5-9(18-2)6-4-8/h3-6,17H,1-2H3. The van der Waals surface area contributed by atoms with E-state index < -0.39 is 0 Å². The second-order valence-electron chi connectivity index (χ2n) is 3.66. The number of methoxy groups -OCH3 is 1. The normalized spacial score (nSPS) is 10.3. The predicted molar refractivity (Wildman–Crippen MR) is 62.8 cm³/mol. The highest BCUT2D eigenvalue weighted by atomic mass is 16.6. The molecular weight excluding hydrogens is 238 g/mol. The van der Waals surface area contributed by atoms with Gasteiger partial charge in [0.1, 0.15) is 5.75 Å². The molecule has 1 aromatic heterocycles. The maximum atomic E-state index is 11.5. The topological polar surface area (TPSA) is 90.8 Å². The molecule has 94 valence electrons. The number of ether oxygens (including phenoxy) is 1. The first-order valence-corrected chi connectivity index (χ1v) is 5.12. The van der Waals surface area contributed by atoms with Gasteiger partial charge in [-0.3, -0.25) is 0 Å². The van der Waals surface area contributed by atoms with Gasteiger partial charge in [0.2, 0.25) is 5.69 Å². The van der Waals surface area contributed by atoms with E-state index in [0.29, 0.717) is 16.2 Å². The fourth-order valence-electron chi connectivity index (χ4n) is 1.70. The molecule has 0 aliphatic carbocycles. The predicted octanol–water partition coefficient (Wildman–Crippen LogP) is 1.74. The molecule has 0 fully saturated rings. The van der Waals surface area contributed by atoms with Gasteiger partial charge in [-0.1, -0.05) is 0 Å². The molecule has 7 heteroatoms. The highest BCUT2D eigenvalue weighted by molar-refractivity contribution is 5.73. The summed E-state index contributed by atoms with van der Waals surface area (Å²) in [5, 5.41) is 23.9. The Morgan fingerprint density at radius 1 is 1.39 bits per heavy atom. The quantitative estimate of drug-likeness (QED) is 0.388. The van der Waals surface area contributed by atoms with Crippen molar-refractivity contribution < 1.29 is 14.8 Å². The van der Waals surface area contributed by atoms with Gasteiger partial charge >= 0.3 is 0 Å². The van der Waals surface area contributed by atoms with Gasteiger partial charge in [-0.25, -0.2) is 0 Å². The summed E-state index contributed by atoms with van der Waals surface area (Å²) in [4.78, 5) is 11.3. The van der Waals surface area contributed by atoms with Gasteiger partial charge in [-0.2, -0.15) is 0 Å². The minimum atomic E-state index is -0.0855. The van der Waals surface area contributed by atoms with E-state index >= 15 is 0 Å². The van der Waals surface area contributed by atoms with E-state index in [4.69, 9.17) is 4.74 Å². The first kappa shape index (κ1) is 11.9. The zero-order chi connectivity index (χ0) is 13.3. The Hall–Kier alpha value is -2.57. The maximum Gasteiger partial charge on any atom is 0.251 e. The number of hydrogen-bond donors (Lipinski definition) is 1. The monoisotopic (exact) mass is 249 g/mol. The molecule has 0 unspecified atom stereocenters. The lowest BCUT2D eigenvalue weighted by Gasteiger charge is -2.02. The average Bonchev–Trinajstić information content (AvgIpc) is 2.63. The molecule has 1 aromatic carbocycles. The Morgan fingerprint density at radius 2 is 2.00 bits per heavy atom. The van der Waals surface area contributed by atoms with Crippen LogP contribution in [0.3, 0.4) is 0 Å². The molecule has 0 aliphatic heterocycles. The third kappa shape index (κ3) is 1.65. The van der Waals surface area contributed by atoms with Crippen molar-refractivity contribution >= 4 is 5.69 Å². The van der Waals surface area contributed by atoms with Crippen molar-refractivity contribution in [1.29, 1.82) is 0 Å². The molecule has 7 nitrogen and oxygen atoms in total. The summed E-state index contributed by atoms with van der Waals surface area (Å²) < 4.78 is 5.00. The number of nitroso groups, excluding NO2 is 1. The molecule has 0 saturated heterocycles. The van der Waals surface area contributed by atoms with Crippen LogP contribution in [0.1, 0.15) is 5.69 Å². The Kier molecular flexibility index (Phi) is 2.88. The first-order valence-electron chi connectivity index (χ1n) is 5.12. The van der Waals surface area contributed by atoms with Crippen LogP contribution in [0, 0.1) is 17.0 Å². The van der Waals surface area contributed by atoms with E-state index in [1.54, 1.807) is 24.3 Å². The van der Waals surface area contributed by atoms with Gasteiger partial charge in [-0.15, -0.1) is 4.91 Å². The Balaban J connectivity index is 2.62. The molecule has 2 aromatic rings. The Labute approximate surface area is 102 Å². The lowest BCUT2D eigenvalue weighted by molar-refractivity contribution is -0.728. The van der Waals surface area contributed by atoms with Crippen LogP contribution in [0.4, 0.5) is 5.69 Å². The van der Waals surface area contributed by atoms with Crippen LogP contribution >= 0.6 is 0 Å². The molecule has 0 amide bonds. The molecule has 0 aliphatic rings. The van der Waals surface area contributed by atoms with Crippen molar-refractivity contribution in [2.75, 3.05) is 7.11 Å². The van der Waals surface area contributed by atoms with Crippen LogP contribution in [0.15, 0.2) is 29.4 Å². The number of rotatable bonds is 3. The van der Waals surface area contributed by atoms with Crippen molar-refractivity contribution in [2.24, 2.45) is 5.18 Å². The highest BCUT2D eigenvalue weighted by Gasteiger charge is 2.26. The maximum absolute atomic E-state index is 11.5. The summed E-state index contributed by atoms with van der Waals surface area (Å²) >= 11 is 0. The third-order valence-corrected chi connectivity index (χ3v) is 2.68. The van der Waals surface area contributed by atoms with Crippen molar-refractivity contribution in [1.82, 2.24) is 4.85 Å². The zero-order valence-corrected chi connectivity index (χ0v) is 9.82. The fraction of sp³-hybridized carbons (Fsp3) is 0.182. The summed E-state index contributed by atoms with van der Waals surface area (Å²) in [6.45, 7) is 1.41. The van der Waals surface area contributed by atoms with E-state index in [0.717, 1.165) is 0 Å². The molecular formula is C11H11N3O4. The lowest BCUT2D eigenvalue weighted by Crippen LogP contribution is -2.38. The van der Waals surface area contributed by atoms with Crippen molar-refractivity contribution in [3.8, 4) is 17.0 Å². The summed E-state index contributed by atoms with van der Waals surface area (Å²) in [5.41, 5.74) is 0.502. The molecule has 0 saturated carbocycles.